The third-order valence-electron chi connectivity index (χ3n) is 6.13. The van der Waals surface area contributed by atoms with Gasteiger partial charge in [0.25, 0.3) is 0 Å². The van der Waals surface area contributed by atoms with Gasteiger partial charge in [-0.1, -0.05) is 89.8 Å². The van der Waals surface area contributed by atoms with E-state index in [4.69, 9.17) is 4.98 Å². The Hall–Kier alpha value is -3.01. The summed E-state index contributed by atoms with van der Waals surface area (Å²) >= 11 is 0. The van der Waals surface area contributed by atoms with Crippen molar-refractivity contribution in [2.45, 2.75) is 71.8 Å². The van der Waals surface area contributed by atoms with E-state index in [1.54, 1.807) is 6.07 Å². The Morgan fingerprint density at radius 1 is 0.844 bits per heavy atom. The Labute approximate surface area is 190 Å². The van der Waals surface area contributed by atoms with Crippen LogP contribution in [0.3, 0.4) is 0 Å². The monoisotopic (exact) mass is 427 g/mol. The average molecular weight is 428 g/mol. The standard InChI is InChI=1S/C28H33N3O/c1-5-6-7-8-11-18-31-24(20-14-16-21(17-15-20)28(2,3)4)19-25(32)26-27(31)30-23-13-10-9-12-22(23)29-26/h9-10,12-17,19H,5-8,11,18H2,1-4H3. The number of unbranched alkanes of at least 4 members (excludes halogenated alkanes) is 4. The molecule has 4 rings (SSSR count). The van der Waals surface area contributed by atoms with Crippen LogP contribution < -0.4 is 5.43 Å². The fraction of sp³-hybridized carbons (Fsp3) is 0.393. The van der Waals surface area contributed by atoms with Gasteiger partial charge in [-0.2, -0.15) is 0 Å². The molecule has 0 unspecified atom stereocenters. The first-order valence-electron chi connectivity index (χ1n) is 11.8. The van der Waals surface area contributed by atoms with Gasteiger partial charge in [0.2, 0.25) is 5.43 Å². The van der Waals surface area contributed by atoms with Crippen LogP contribution >= 0.6 is 0 Å². The molecule has 0 spiro atoms. The Bertz CT molecular complexity index is 1280. The molecule has 0 radical (unpaired) electrons. The maximum absolute atomic E-state index is 13.1. The third-order valence-corrected chi connectivity index (χ3v) is 6.13. The largest absolute Gasteiger partial charge is 0.324 e. The molecule has 0 saturated heterocycles. The number of hydrogen-bond acceptors (Lipinski definition) is 3. The second-order valence-electron chi connectivity index (χ2n) is 9.67. The molecule has 4 aromatic rings. The van der Waals surface area contributed by atoms with Gasteiger partial charge in [-0.25, -0.2) is 9.97 Å². The fourth-order valence-corrected chi connectivity index (χ4v) is 4.21. The first-order valence-corrected chi connectivity index (χ1v) is 11.8. The number of pyridine rings is 1. The van der Waals surface area contributed by atoms with Gasteiger partial charge in [0.05, 0.1) is 16.7 Å². The zero-order valence-electron chi connectivity index (χ0n) is 19.7. The van der Waals surface area contributed by atoms with E-state index in [1.165, 1.54) is 31.2 Å². The molecule has 0 saturated carbocycles. The van der Waals surface area contributed by atoms with Crippen LogP contribution in [0, 0.1) is 0 Å². The number of para-hydroxylation sites is 2. The van der Waals surface area contributed by atoms with E-state index in [-0.39, 0.29) is 10.8 Å². The summed E-state index contributed by atoms with van der Waals surface area (Å²) in [6, 6.07) is 18.1. The smallest absolute Gasteiger partial charge is 0.210 e. The van der Waals surface area contributed by atoms with Crippen molar-refractivity contribution in [3.8, 4) is 11.3 Å². The van der Waals surface area contributed by atoms with Crippen molar-refractivity contribution in [2.75, 3.05) is 0 Å². The molecule has 4 nitrogen and oxygen atoms in total. The van der Waals surface area contributed by atoms with Crippen molar-refractivity contribution in [3.63, 3.8) is 0 Å². The summed E-state index contributed by atoms with van der Waals surface area (Å²) in [5.74, 6) is 0. The van der Waals surface area contributed by atoms with Crippen LogP contribution in [0.5, 0.6) is 0 Å². The lowest BCUT2D eigenvalue weighted by Gasteiger charge is -2.20. The number of benzene rings is 2. The molecule has 4 heteroatoms. The van der Waals surface area contributed by atoms with E-state index >= 15 is 0 Å². The van der Waals surface area contributed by atoms with Crippen LogP contribution in [0.4, 0.5) is 0 Å². The molecule has 0 bridgehead atoms. The van der Waals surface area contributed by atoms with Crippen molar-refractivity contribution >= 4 is 22.2 Å². The Morgan fingerprint density at radius 2 is 1.50 bits per heavy atom. The SMILES string of the molecule is CCCCCCCn1c(-c2ccc(C(C)(C)C)cc2)cc(=O)c2nc3ccccc3nc21. The van der Waals surface area contributed by atoms with E-state index in [2.05, 4.69) is 61.5 Å². The minimum atomic E-state index is -0.0737. The van der Waals surface area contributed by atoms with Crippen molar-refractivity contribution in [1.82, 2.24) is 14.5 Å². The predicted octanol–water partition coefficient (Wildman–Crippen LogP) is 6.88. The molecule has 0 fully saturated rings. The normalized spacial score (nSPS) is 12.0. The molecule has 0 amide bonds. The van der Waals surface area contributed by atoms with Gasteiger partial charge in [-0.3, -0.25) is 4.79 Å². The van der Waals surface area contributed by atoms with Crippen molar-refractivity contribution in [1.29, 1.82) is 0 Å². The van der Waals surface area contributed by atoms with Gasteiger partial charge in [-0.05, 0) is 35.1 Å². The Morgan fingerprint density at radius 3 is 2.16 bits per heavy atom. The van der Waals surface area contributed by atoms with Crippen LogP contribution in [0.2, 0.25) is 0 Å². The molecule has 2 aromatic carbocycles. The first-order chi connectivity index (χ1) is 15.4. The summed E-state index contributed by atoms with van der Waals surface area (Å²) in [6.45, 7) is 9.69. The molecule has 0 aliphatic carbocycles. The van der Waals surface area contributed by atoms with Crippen molar-refractivity contribution < 1.29 is 0 Å². The van der Waals surface area contributed by atoms with Crippen molar-refractivity contribution in [2.24, 2.45) is 0 Å². The third kappa shape index (κ3) is 4.59. The average Bonchev–Trinajstić information content (AvgIpc) is 2.78. The zero-order chi connectivity index (χ0) is 22.7. The summed E-state index contributed by atoms with van der Waals surface area (Å²) in [6.07, 6.45) is 5.95. The van der Waals surface area contributed by atoms with E-state index < -0.39 is 0 Å². The molecular formula is C28H33N3O. The number of aryl methyl sites for hydroxylation is 1. The molecular weight excluding hydrogens is 394 g/mol. The predicted molar refractivity (Wildman–Crippen MR) is 134 cm³/mol. The van der Waals surface area contributed by atoms with Crippen LogP contribution in [0.1, 0.15) is 65.4 Å². The lowest BCUT2D eigenvalue weighted by molar-refractivity contribution is 0.576. The van der Waals surface area contributed by atoms with Crippen molar-refractivity contribution in [3.05, 3.63) is 70.4 Å². The lowest BCUT2D eigenvalue weighted by Crippen LogP contribution is -2.15. The molecule has 0 aliphatic rings. The van der Waals surface area contributed by atoms with Gasteiger partial charge < -0.3 is 4.57 Å². The fourth-order valence-electron chi connectivity index (χ4n) is 4.21. The summed E-state index contributed by atoms with van der Waals surface area (Å²) in [5.41, 5.74) is 5.97. The quantitative estimate of drug-likeness (QED) is 0.239. The van der Waals surface area contributed by atoms with E-state index in [1.807, 2.05) is 24.3 Å². The van der Waals surface area contributed by atoms with Gasteiger partial charge in [0.1, 0.15) is 0 Å². The summed E-state index contributed by atoms with van der Waals surface area (Å²) in [5, 5.41) is 0. The first kappa shape index (κ1) is 22.2. The van der Waals surface area contributed by atoms with Gasteiger partial charge >= 0.3 is 0 Å². The molecule has 2 heterocycles. The topological polar surface area (TPSA) is 47.8 Å². The number of aromatic nitrogens is 3. The number of fused-ring (bicyclic) bond motifs is 2. The number of rotatable bonds is 7. The molecule has 166 valence electrons. The van der Waals surface area contributed by atoms with Crippen LogP contribution in [0.15, 0.2) is 59.4 Å². The highest BCUT2D eigenvalue weighted by Gasteiger charge is 2.17. The number of hydrogen-bond donors (Lipinski definition) is 0. The van der Waals surface area contributed by atoms with E-state index in [0.717, 1.165) is 35.3 Å². The minimum Gasteiger partial charge on any atom is -0.324 e. The number of nitrogens with zero attached hydrogens (tertiary/aromatic N) is 3. The maximum atomic E-state index is 13.1. The Balaban J connectivity index is 1.85. The molecule has 2 aromatic heterocycles. The molecule has 0 atom stereocenters. The molecule has 0 N–H and O–H groups in total. The van der Waals surface area contributed by atoms with Crippen LogP contribution in [-0.4, -0.2) is 14.5 Å². The summed E-state index contributed by atoms with van der Waals surface area (Å²) in [7, 11) is 0. The maximum Gasteiger partial charge on any atom is 0.210 e. The zero-order valence-corrected chi connectivity index (χ0v) is 19.7. The van der Waals surface area contributed by atoms with Gasteiger partial charge in [0, 0.05) is 12.6 Å². The van der Waals surface area contributed by atoms with E-state index in [0.29, 0.717) is 11.2 Å². The highest BCUT2D eigenvalue weighted by molar-refractivity contribution is 5.85. The summed E-state index contributed by atoms with van der Waals surface area (Å²) < 4.78 is 2.20. The minimum absolute atomic E-state index is 0.0737. The Kier molecular flexibility index (Phi) is 6.40. The van der Waals surface area contributed by atoms with E-state index in [9.17, 15) is 4.79 Å². The molecule has 0 aliphatic heterocycles. The van der Waals surface area contributed by atoms with Crippen LogP contribution in [0.25, 0.3) is 33.5 Å². The second kappa shape index (κ2) is 9.23. The highest BCUT2D eigenvalue weighted by atomic mass is 16.1. The van der Waals surface area contributed by atoms with Gasteiger partial charge in [0.15, 0.2) is 11.2 Å². The van der Waals surface area contributed by atoms with Crippen LogP contribution in [-0.2, 0) is 12.0 Å². The lowest BCUT2D eigenvalue weighted by atomic mass is 9.86. The highest BCUT2D eigenvalue weighted by Crippen LogP contribution is 2.28. The molecule has 32 heavy (non-hydrogen) atoms. The second-order valence-corrected chi connectivity index (χ2v) is 9.67. The summed E-state index contributed by atoms with van der Waals surface area (Å²) in [4.78, 5) is 22.7. The van der Waals surface area contributed by atoms with Gasteiger partial charge in [-0.15, -0.1) is 0 Å².